The van der Waals surface area contributed by atoms with Crippen molar-refractivity contribution >= 4 is 11.9 Å². The molecule has 1 aromatic carbocycles. The van der Waals surface area contributed by atoms with E-state index in [0.29, 0.717) is 6.61 Å². The average Bonchev–Trinajstić information content (AvgIpc) is 2.83. The number of alkyl halides is 1. The van der Waals surface area contributed by atoms with Crippen LogP contribution in [0.1, 0.15) is 44.0 Å². The highest BCUT2D eigenvalue weighted by Gasteiger charge is 2.59. The monoisotopic (exact) mass is 368 g/mol. The summed E-state index contributed by atoms with van der Waals surface area (Å²) < 4.78 is 36.4. The van der Waals surface area contributed by atoms with Crippen molar-refractivity contribution in [3.8, 4) is 0 Å². The summed E-state index contributed by atoms with van der Waals surface area (Å²) in [6.45, 7) is 5.02. The zero-order valence-electron chi connectivity index (χ0n) is 15.3. The molecule has 2 rings (SSSR count). The Balaban J connectivity index is 2.12. The molecule has 0 aliphatic carbocycles. The van der Waals surface area contributed by atoms with E-state index in [1.165, 1.54) is 13.8 Å². The molecule has 6 nitrogen and oxygen atoms in total. The number of halogens is 1. The summed E-state index contributed by atoms with van der Waals surface area (Å²) in [5.74, 6) is -1.37. The Hall–Kier alpha value is -1.99. The van der Waals surface area contributed by atoms with Gasteiger partial charge >= 0.3 is 11.9 Å². The maximum Gasteiger partial charge on any atom is 0.339 e. The fraction of sp³-hybridized carbons (Fsp3) is 0.579. The predicted octanol–water partition coefficient (Wildman–Crippen LogP) is 3.04. The zero-order valence-corrected chi connectivity index (χ0v) is 15.3. The second-order valence-corrected chi connectivity index (χ2v) is 6.39. The molecule has 1 unspecified atom stereocenters. The van der Waals surface area contributed by atoms with E-state index in [1.807, 2.05) is 6.92 Å². The van der Waals surface area contributed by atoms with Crippen molar-refractivity contribution in [2.75, 3.05) is 13.2 Å². The molecule has 1 fully saturated rings. The summed E-state index contributed by atoms with van der Waals surface area (Å²) >= 11 is 0. The van der Waals surface area contributed by atoms with Gasteiger partial charge in [0, 0.05) is 13.5 Å². The number of unbranched alkanes of at least 4 members (excludes halogenated alkanes) is 1. The van der Waals surface area contributed by atoms with Crippen molar-refractivity contribution in [3.05, 3.63) is 35.9 Å². The Morgan fingerprint density at radius 2 is 1.96 bits per heavy atom. The van der Waals surface area contributed by atoms with E-state index in [0.717, 1.165) is 12.8 Å². The number of carbonyl (C=O) groups is 2. The Morgan fingerprint density at radius 1 is 1.27 bits per heavy atom. The number of ether oxygens (including phenoxy) is 4. The lowest BCUT2D eigenvalue weighted by Gasteiger charge is -2.30. The van der Waals surface area contributed by atoms with Crippen LogP contribution in [-0.4, -0.2) is 49.3 Å². The van der Waals surface area contributed by atoms with Crippen LogP contribution in [0.3, 0.4) is 0 Å². The second-order valence-electron chi connectivity index (χ2n) is 6.39. The number of benzene rings is 1. The molecule has 7 heteroatoms. The molecule has 0 spiro atoms. The Kier molecular flexibility index (Phi) is 7.11. The minimum atomic E-state index is -1.77. The first-order valence-electron chi connectivity index (χ1n) is 8.71. The number of rotatable bonds is 8. The highest BCUT2D eigenvalue weighted by atomic mass is 19.1. The standard InChI is InChI=1S/C19H25FO6/c1-4-5-11-23-12-15-16(20)19(3,18(25-15)24-13(2)21)26-17(22)14-9-7-6-8-10-14/h6-10,15-16,18H,4-5,11-12H2,1-3H3/t15-,16-,18?,19-/m1/s1. The molecule has 0 N–H and O–H groups in total. The van der Waals surface area contributed by atoms with E-state index in [4.69, 9.17) is 18.9 Å². The molecule has 1 aliphatic rings. The summed E-state index contributed by atoms with van der Waals surface area (Å²) in [5, 5.41) is 0. The van der Waals surface area contributed by atoms with Gasteiger partial charge in [-0.05, 0) is 25.5 Å². The fourth-order valence-corrected chi connectivity index (χ4v) is 2.66. The highest BCUT2D eigenvalue weighted by molar-refractivity contribution is 5.89. The van der Waals surface area contributed by atoms with Crippen molar-refractivity contribution in [2.24, 2.45) is 0 Å². The Bertz CT molecular complexity index is 607. The van der Waals surface area contributed by atoms with Gasteiger partial charge in [0.25, 0.3) is 0 Å². The largest absolute Gasteiger partial charge is 0.446 e. The van der Waals surface area contributed by atoms with Crippen LogP contribution in [0.4, 0.5) is 4.39 Å². The lowest BCUT2D eigenvalue weighted by Crippen LogP contribution is -2.49. The van der Waals surface area contributed by atoms with E-state index in [1.54, 1.807) is 30.3 Å². The van der Waals surface area contributed by atoms with Crippen LogP contribution in [0, 0.1) is 0 Å². The Morgan fingerprint density at radius 3 is 2.58 bits per heavy atom. The van der Waals surface area contributed by atoms with Crippen LogP contribution in [0.25, 0.3) is 0 Å². The Labute approximate surface area is 152 Å². The summed E-state index contributed by atoms with van der Waals surface area (Å²) in [7, 11) is 0. The van der Waals surface area contributed by atoms with E-state index in [9.17, 15) is 9.59 Å². The van der Waals surface area contributed by atoms with Gasteiger partial charge in [-0.2, -0.15) is 0 Å². The molecule has 0 aromatic heterocycles. The van der Waals surface area contributed by atoms with Gasteiger partial charge < -0.3 is 18.9 Å². The zero-order chi connectivity index (χ0) is 19.2. The number of carbonyl (C=O) groups excluding carboxylic acids is 2. The van der Waals surface area contributed by atoms with Gasteiger partial charge in [0.15, 0.2) is 6.17 Å². The molecule has 0 bridgehead atoms. The van der Waals surface area contributed by atoms with Gasteiger partial charge in [0.1, 0.15) is 6.10 Å². The lowest BCUT2D eigenvalue weighted by atomic mass is 9.98. The van der Waals surface area contributed by atoms with Crippen LogP contribution in [0.15, 0.2) is 30.3 Å². The van der Waals surface area contributed by atoms with Crippen LogP contribution in [-0.2, 0) is 23.7 Å². The van der Waals surface area contributed by atoms with Crippen LogP contribution in [0.2, 0.25) is 0 Å². The summed E-state index contributed by atoms with van der Waals surface area (Å²) in [4.78, 5) is 23.7. The number of hydrogen-bond donors (Lipinski definition) is 0. The van der Waals surface area contributed by atoms with Gasteiger partial charge in [-0.15, -0.1) is 0 Å². The SMILES string of the molecule is CCCCOC[C@H]1OC(OC(C)=O)[C@](C)(OC(=O)c2ccccc2)[C@@H]1F. The van der Waals surface area contributed by atoms with Gasteiger partial charge in [-0.3, -0.25) is 4.79 Å². The fourth-order valence-electron chi connectivity index (χ4n) is 2.66. The van der Waals surface area contributed by atoms with Gasteiger partial charge in [0.2, 0.25) is 11.9 Å². The maximum absolute atomic E-state index is 15.0. The first kappa shape index (κ1) is 20.3. The molecule has 1 saturated heterocycles. The van der Waals surface area contributed by atoms with Crippen LogP contribution < -0.4 is 0 Å². The normalized spacial score (nSPS) is 27.9. The topological polar surface area (TPSA) is 71.1 Å². The smallest absolute Gasteiger partial charge is 0.339 e. The quantitative estimate of drug-likeness (QED) is 0.519. The lowest BCUT2D eigenvalue weighted by molar-refractivity contribution is -0.205. The summed E-state index contributed by atoms with van der Waals surface area (Å²) in [5.41, 5.74) is -1.50. The van der Waals surface area contributed by atoms with Gasteiger partial charge in [-0.1, -0.05) is 31.5 Å². The molecule has 26 heavy (non-hydrogen) atoms. The minimum Gasteiger partial charge on any atom is -0.446 e. The summed E-state index contributed by atoms with van der Waals surface area (Å²) in [6, 6.07) is 8.21. The van der Waals surface area contributed by atoms with Crippen LogP contribution >= 0.6 is 0 Å². The number of esters is 2. The third-order valence-corrected chi connectivity index (χ3v) is 4.16. The summed E-state index contributed by atoms with van der Waals surface area (Å²) in [6.07, 6.45) is -2.25. The van der Waals surface area contributed by atoms with Crippen LogP contribution in [0.5, 0.6) is 0 Å². The first-order chi connectivity index (χ1) is 12.4. The molecule has 0 saturated carbocycles. The van der Waals surface area contributed by atoms with Gasteiger partial charge in [-0.25, -0.2) is 9.18 Å². The molecular formula is C19H25FO6. The van der Waals surface area contributed by atoms with Crippen molar-refractivity contribution in [3.63, 3.8) is 0 Å². The molecule has 1 heterocycles. The molecule has 144 valence electrons. The van der Waals surface area contributed by atoms with Crippen molar-refractivity contribution in [1.82, 2.24) is 0 Å². The minimum absolute atomic E-state index is 0.0165. The molecule has 0 amide bonds. The molecule has 0 radical (unpaired) electrons. The molecule has 1 aromatic rings. The highest BCUT2D eigenvalue weighted by Crippen LogP contribution is 2.38. The van der Waals surface area contributed by atoms with E-state index < -0.39 is 36.1 Å². The van der Waals surface area contributed by atoms with E-state index in [2.05, 4.69) is 0 Å². The van der Waals surface area contributed by atoms with Gasteiger partial charge in [0.05, 0.1) is 12.2 Å². The molecule has 4 atom stereocenters. The maximum atomic E-state index is 15.0. The molecule has 1 aliphatic heterocycles. The van der Waals surface area contributed by atoms with E-state index in [-0.39, 0.29) is 12.2 Å². The van der Waals surface area contributed by atoms with Crippen molar-refractivity contribution < 1.29 is 32.9 Å². The molecular weight excluding hydrogens is 343 g/mol. The van der Waals surface area contributed by atoms with E-state index >= 15 is 4.39 Å². The van der Waals surface area contributed by atoms with Crippen molar-refractivity contribution in [1.29, 1.82) is 0 Å². The predicted molar refractivity (Wildman–Crippen MR) is 91.3 cm³/mol. The average molecular weight is 368 g/mol. The number of hydrogen-bond acceptors (Lipinski definition) is 6. The first-order valence-corrected chi connectivity index (χ1v) is 8.71. The third kappa shape index (κ3) is 4.80. The second kappa shape index (κ2) is 9.09. The third-order valence-electron chi connectivity index (χ3n) is 4.16. The van der Waals surface area contributed by atoms with Crippen molar-refractivity contribution in [2.45, 2.75) is 57.8 Å².